The smallest absolute Gasteiger partial charge is 0.274 e. The van der Waals surface area contributed by atoms with E-state index in [1.165, 1.54) is 4.57 Å². The van der Waals surface area contributed by atoms with Crippen molar-refractivity contribution >= 4 is 27.4 Å². The number of anilines is 2. The van der Waals surface area contributed by atoms with E-state index >= 15 is 0 Å². The molecule has 106 valence electrons. The van der Waals surface area contributed by atoms with Gasteiger partial charge in [-0.2, -0.15) is 5.10 Å². The number of fused-ring (bicyclic) bond motifs is 1. The third-order valence-electron chi connectivity index (χ3n) is 3.40. The van der Waals surface area contributed by atoms with Crippen LogP contribution in [0.1, 0.15) is 5.69 Å². The Balaban J connectivity index is 1.91. The molecule has 0 amide bonds. The second-order valence-electron chi connectivity index (χ2n) is 5.09. The Hall–Kier alpha value is -1.60. The molecule has 1 aliphatic rings. The molecular weight excluding hydrogens is 322 g/mol. The number of aromatic nitrogens is 3. The zero-order valence-electron chi connectivity index (χ0n) is 11.4. The van der Waals surface area contributed by atoms with Crippen molar-refractivity contribution in [3.63, 3.8) is 0 Å². The maximum absolute atomic E-state index is 12.1. The lowest BCUT2D eigenvalue weighted by Gasteiger charge is -2.22. The molecule has 0 saturated heterocycles. The first-order chi connectivity index (χ1) is 9.52. The average Bonchev–Trinajstić information content (AvgIpc) is 2.76. The van der Waals surface area contributed by atoms with Crippen LogP contribution in [0.15, 0.2) is 27.6 Å². The minimum absolute atomic E-state index is 0.0729. The summed E-state index contributed by atoms with van der Waals surface area (Å²) >= 11 is 3.39. The molecule has 0 atom stereocenters. The molecule has 1 N–H and O–H groups in total. The van der Waals surface area contributed by atoms with Crippen LogP contribution in [0.25, 0.3) is 0 Å². The first-order valence-corrected chi connectivity index (χ1v) is 7.21. The van der Waals surface area contributed by atoms with Crippen LogP contribution in [0, 0.1) is 0 Å². The molecule has 3 heterocycles. The monoisotopic (exact) mass is 337 g/mol. The molecule has 2 aromatic heterocycles. The van der Waals surface area contributed by atoms with Gasteiger partial charge in [0.15, 0.2) is 5.82 Å². The van der Waals surface area contributed by atoms with Gasteiger partial charge >= 0.3 is 0 Å². The fourth-order valence-corrected chi connectivity index (χ4v) is 2.89. The number of likely N-dealkylation sites (N-methyl/N-ethyl adjacent to an activating group) is 1. The number of hydrogen-bond acceptors (Lipinski definition) is 4. The van der Waals surface area contributed by atoms with E-state index in [0.717, 1.165) is 29.8 Å². The van der Waals surface area contributed by atoms with Crippen LogP contribution in [-0.2, 0) is 20.1 Å². The summed E-state index contributed by atoms with van der Waals surface area (Å²) in [6.07, 6.45) is 1.74. The summed E-state index contributed by atoms with van der Waals surface area (Å²) in [4.78, 5) is 14.3. The van der Waals surface area contributed by atoms with Gasteiger partial charge in [-0.3, -0.25) is 14.4 Å². The van der Waals surface area contributed by atoms with E-state index in [-0.39, 0.29) is 5.56 Å². The molecule has 3 rings (SSSR count). The fourth-order valence-electron chi connectivity index (χ4n) is 2.36. The Kier molecular flexibility index (Phi) is 3.39. The van der Waals surface area contributed by atoms with Crippen molar-refractivity contribution < 1.29 is 0 Å². The molecule has 6 nitrogen and oxygen atoms in total. The highest BCUT2D eigenvalue weighted by molar-refractivity contribution is 9.10. The van der Waals surface area contributed by atoms with Crippen LogP contribution in [0.3, 0.4) is 0 Å². The Morgan fingerprint density at radius 2 is 2.10 bits per heavy atom. The van der Waals surface area contributed by atoms with Crippen LogP contribution in [0.2, 0.25) is 0 Å². The average molecular weight is 338 g/mol. The van der Waals surface area contributed by atoms with E-state index < -0.39 is 0 Å². The number of aryl methyl sites for hydroxylation is 1. The van der Waals surface area contributed by atoms with Gasteiger partial charge in [-0.05, 0) is 29.0 Å². The van der Waals surface area contributed by atoms with Gasteiger partial charge in [0.2, 0.25) is 0 Å². The highest BCUT2D eigenvalue weighted by Crippen LogP contribution is 2.19. The second kappa shape index (κ2) is 5.06. The number of nitrogens with zero attached hydrogens (tertiary/aromatic N) is 4. The lowest BCUT2D eigenvalue weighted by molar-refractivity contribution is 0.259. The van der Waals surface area contributed by atoms with Crippen molar-refractivity contribution in [3.8, 4) is 0 Å². The molecule has 0 aromatic carbocycles. The summed E-state index contributed by atoms with van der Waals surface area (Å²) in [5.74, 6) is 0.713. The third-order valence-corrected chi connectivity index (χ3v) is 3.84. The van der Waals surface area contributed by atoms with Crippen molar-refractivity contribution in [2.75, 3.05) is 18.9 Å². The minimum Gasteiger partial charge on any atom is -0.334 e. The van der Waals surface area contributed by atoms with E-state index in [2.05, 4.69) is 38.3 Å². The summed E-state index contributed by atoms with van der Waals surface area (Å²) in [6.45, 7) is 2.75. The van der Waals surface area contributed by atoms with Gasteiger partial charge in [0, 0.05) is 36.9 Å². The normalized spacial score (nSPS) is 15.2. The van der Waals surface area contributed by atoms with Crippen LogP contribution >= 0.6 is 15.9 Å². The van der Waals surface area contributed by atoms with E-state index in [1.807, 2.05) is 10.7 Å². The molecule has 2 aromatic rings. The van der Waals surface area contributed by atoms with Gasteiger partial charge in [0.1, 0.15) is 5.69 Å². The Morgan fingerprint density at radius 1 is 1.30 bits per heavy atom. The second-order valence-corrected chi connectivity index (χ2v) is 6.01. The molecular formula is C13H16BrN5O. The Bertz CT molecular complexity index is 705. The predicted molar refractivity (Wildman–Crippen MR) is 81.2 cm³/mol. The van der Waals surface area contributed by atoms with Crippen LogP contribution < -0.4 is 10.9 Å². The van der Waals surface area contributed by atoms with Gasteiger partial charge in [-0.1, -0.05) is 0 Å². The fraction of sp³-hybridized carbons (Fsp3) is 0.385. The van der Waals surface area contributed by atoms with Crippen LogP contribution in [0.5, 0.6) is 0 Å². The zero-order valence-corrected chi connectivity index (χ0v) is 13.0. The number of rotatable bonds is 2. The third kappa shape index (κ3) is 2.51. The van der Waals surface area contributed by atoms with Crippen LogP contribution in [0.4, 0.5) is 11.5 Å². The standard InChI is InChI=1S/C13H16BrN5O/c1-17-3-4-19-10(8-17)6-12(16-19)15-11-5-9(14)7-18(2)13(11)20/h5-7H,3-4,8H2,1-2H3,(H,15,16). The van der Waals surface area contributed by atoms with Crippen molar-refractivity contribution in [1.29, 1.82) is 0 Å². The lowest BCUT2D eigenvalue weighted by Crippen LogP contribution is -2.30. The van der Waals surface area contributed by atoms with Crippen molar-refractivity contribution in [3.05, 3.63) is 38.9 Å². The van der Waals surface area contributed by atoms with Gasteiger partial charge in [0.05, 0.1) is 12.2 Å². The highest BCUT2D eigenvalue weighted by atomic mass is 79.9. The molecule has 0 bridgehead atoms. The molecule has 0 aliphatic carbocycles. The lowest BCUT2D eigenvalue weighted by atomic mass is 10.3. The number of pyridine rings is 1. The van der Waals surface area contributed by atoms with Crippen LogP contribution in [-0.4, -0.2) is 32.8 Å². The molecule has 0 unspecified atom stereocenters. The molecule has 0 saturated carbocycles. The molecule has 0 spiro atoms. The minimum atomic E-state index is -0.0729. The first-order valence-electron chi connectivity index (χ1n) is 6.41. The first kappa shape index (κ1) is 13.4. The number of halogens is 1. The van der Waals surface area contributed by atoms with Crippen molar-refractivity contribution in [1.82, 2.24) is 19.2 Å². The SMILES string of the molecule is CN1CCn2nc(Nc3cc(Br)cn(C)c3=O)cc2C1. The topological polar surface area (TPSA) is 55.1 Å². The van der Waals surface area contributed by atoms with E-state index in [0.29, 0.717) is 11.5 Å². The predicted octanol–water partition coefficient (Wildman–Crippen LogP) is 1.53. The van der Waals surface area contributed by atoms with E-state index in [4.69, 9.17) is 0 Å². The maximum Gasteiger partial charge on any atom is 0.274 e. The summed E-state index contributed by atoms with van der Waals surface area (Å²) in [5.41, 5.74) is 1.61. The summed E-state index contributed by atoms with van der Waals surface area (Å²) in [7, 11) is 3.82. The van der Waals surface area contributed by atoms with E-state index in [9.17, 15) is 4.79 Å². The molecule has 1 aliphatic heterocycles. The van der Waals surface area contributed by atoms with Gasteiger partial charge in [-0.25, -0.2) is 0 Å². The summed E-state index contributed by atoms with van der Waals surface area (Å²) in [6, 6.07) is 3.77. The summed E-state index contributed by atoms with van der Waals surface area (Å²) in [5, 5.41) is 7.61. The van der Waals surface area contributed by atoms with Crippen molar-refractivity contribution in [2.45, 2.75) is 13.1 Å². The number of nitrogens with one attached hydrogen (secondary N) is 1. The van der Waals surface area contributed by atoms with Gasteiger partial charge in [0.25, 0.3) is 5.56 Å². The molecule has 7 heteroatoms. The summed E-state index contributed by atoms with van der Waals surface area (Å²) < 4.78 is 4.38. The van der Waals surface area contributed by atoms with E-state index in [1.54, 1.807) is 19.3 Å². The van der Waals surface area contributed by atoms with Crippen molar-refractivity contribution in [2.24, 2.45) is 7.05 Å². The Morgan fingerprint density at radius 3 is 2.90 bits per heavy atom. The van der Waals surface area contributed by atoms with Gasteiger partial charge in [-0.15, -0.1) is 0 Å². The maximum atomic E-state index is 12.1. The quantitative estimate of drug-likeness (QED) is 0.902. The molecule has 0 fully saturated rings. The highest BCUT2D eigenvalue weighted by Gasteiger charge is 2.16. The van der Waals surface area contributed by atoms with Gasteiger partial charge < -0.3 is 9.88 Å². The largest absolute Gasteiger partial charge is 0.334 e. The number of hydrogen-bond donors (Lipinski definition) is 1. The molecule has 20 heavy (non-hydrogen) atoms. The Labute approximate surface area is 125 Å². The molecule has 0 radical (unpaired) electrons. The zero-order chi connectivity index (χ0) is 14.3.